The highest BCUT2D eigenvalue weighted by Crippen LogP contribution is 2.43. The van der Waals surface area contributed by atoms with Gasteiger partial charge in [0.15, 0.2) is 17.3 Å². The molecule has 0 radical (unpaired) electrons. The van der Waals surface area contributed by atoms with Crippen molar-refractivity contribution in [3.8, 4) is 11.5 Å². The molecule has 8 nitrogen and oxygen atoms in total. The van der Waals surface area contributed by atoms with Crippen LogP contribution in [0.4, 0.5) is 0 Å². The van der Waals surface area contributed by atoms with E-state index in [0.717, 1.165) is 5.56 Å². The molecule has 1 amide bonds. The lowest BCUT2D eigenvalue weighted by Crippen LogP contribution is -2.29. The van der Waals surface area contributed by atoms with Crippen LogP contribution in [0.15, 0.2) is 91.2 Å². The monoisotopic (exact) mass is 523 g/mol. The maximum atomic E-state index is 13.6. The van der Waals surface area contributed by atoms with E-state index in [1.165, 1.54) is 4.90 Å². The quantitative estimate of drug-likeness (QED) is 0.140. The molecule has 3 heterocycles. The number of ketones is 1. The van der Waals surface area contributed by atoms with Crippen molar-refractivity contribution in [2.75, 3.05) is 13.2 Å². The standard InChI is InChI=1S/C31H29N3O5/c1-4-17-39-23-15-14-22(18-24(23)38-5-2)28-26(29(35)27-20(3)32-25-13-9-10-16-33(25)27)30(36)31(37)34(28)19-21-11-7-6-8-12-21/h4,6-16,18,28,35H,1,5,17,19H2,2-3H3/b29-26+. The number of ether oxygens (including phenoxy) is 2. The highest BCUT2D eigenvalue weighted by atomic mass is 16.5. The zero-order valence-corrected chi connectivity index (χ0v) is 21.8. The molecule has 0 bridgehead atoms. The summed E-state index contributed by atoms with van der Waals surface area (Å²) in [6, 6.07) is 19.3. The largest absolute Gasteiger partial charge is 0.505 e. The number of aliphatic hydroxyl groups excluding tert-OH is 1. The van der Waals surface area contributed by atoms with E-state index in [9.17, 15) is 14.7 Å². The van der Waals surface area contributed by atoms with E-state index in [0.29, 0.717) is 47.3 Å². The number of rotatable bonds is 9. The topological polar surface area (TPSA) is 93.4 Å². The van der Waals surface area contributed by atoms with Crippen LogP contribution in [0.2, 0.25) is 0 Å². The molecule has 1 unspecified atom stereocenters. The van der Waals surface area contributed by atoms with Gasteiger partial charge in [-0.15, -0.1) is 0 Å². The second kappa shape index (κ2) is 10.9. The molecule has 1 fully saturated rings. The van der Waals surface area contributed by atoms with Crippen molar-refractivity contribution in [3.05, 3.63) is 114 Å². The molecule has 1 aliphatic rings. The third-order valence-corrected chi connectivity index (χ3v) is 6.60. The number of aliphatic hydroxyl groups is 1. The normalized spacial score (nSPS) is 16.6. The van der Waals surface area contributed by atoms with Crippen LogP contribution in [0.25, 0.3) is 11.4 Å². The second-order valence-corrected chi connectivity index (χ2v) is 9.13. The van der Waals surface area contributed by atoms with Crippen LogP contribution in [-0.4, -0.2) is 44.3 Å². The van der Waals surface area contributed by atoms with Crippen molar-refractivity contribution in [2.24, 2.45) is 0 Å². The van der Waals surface area contributed by atoms with Crippen LogP contribution in [0.3, 0.4) is 0 Å². The van der Waals surface area contributed by atoms with Crippen LogP contribution < -0.4 is 9.47 Å². The smallest absolute Gasteiger partial charge is 0.295 e. The summed E-state index contributed by atoms with van der Waals surface area (Å²) in [6.07, 6.45) is 3.40. The van der Waals surface area contributed by atoms with Crippen LogP contribution in [0.5, 0.6) is 11.5 Å². The molecule has 0 saturated carbocycles. The van der Waals surface area contributed by atoms with Crippen molar-refractivity contribution in [2.45, 2.75) is 26.4 Å². The molecule has 1 atom stereocenters. The summed E-state index contributed by atoms with van der Waals surface area (Å²) in [6.45, 7) is 8.17. The van der Waals surface area contributed by atoms with Gasteiger partial charge in [-0.1, -0.05) is 55.1 Å². The Morgan fingerprint density at radius 2 is 1.82 bits per heavy atom. The van der Waals surface area contributed by atoms with Crippen molar-refractivity contribution in [1.29, 1.82) is 0 Å². The summed E-state index contributed by atoms with van der Waals surface area (Å²) in [5, 5.41) is 11.7. The number of likely N-dealkylation sites (tertiary alicyclic amines) is 1. The first-order valence-corrected chi connectivity index (χ1v) is 12.7. The SMILES string of the molecule is C=CCOc1ccc(C2/C(=C(\O)c3c(C)nc4ccccn34)C(=O)C(=O)N2Cc2ccccc2)cc1OCC. The van der Waals surface area contributed by atoms with Crippen LogP contribution in [-0.2, 0) is 16.1 Å². The van der Waals surface area contributed by atoms with E-state index < -0.39 is 17.7 Å². The number of carbonyl (C=O) groups is 2. The minimum atomic E-state index is -0.869. The van der Waals surface area contributed by atoms with Gasteiger partial charge in [0.05, 0.1) is 23.9 Å². The predicted octanol–water partition coefficient (Wildman–Crippen LogP) is 5.23. The molecular formula is C31H29N3O5. The van der Waals surface area contributed by atoms with Gasteiger partial charge in [-0.3, -0.25) is 14.0 Å². The minimum absolute atomic E-state index is 0.00751. The van der Waals surface area contributed by atoms with Gasteiger partial charge in [-0.2, -0.15) is 0 Å². The summed E-state index contributed by atoms with van der Waals surface area (Å²) >= 11 is 0. The van der Waals surface area contributed by atoms with E-state index in [1.807, 2.05) is 55.5 Å². The van der Waals surface area contributed by atoms with Gasteiger partial charge in [0.1, 0.15) is 17.9 Å². The zero-order chi connectivity index (χ0) is 27.5. The number of hydrogen-bond donors (Lipinski definition) is 1. The van der Waals surface area contributed by atoms with Crippen molar-refractivity contribution in [3.63, 3.8) is 0 Å². The lowest BCUT2D eigenvalue weighted by molar-refractivity contribution is -0.140. The number of nitrogens with zero attached hydrogens (tertiary/aromatic N) is 3. The first kappa shape index (κ1) is 25.8. The van der Waals surface area contributed by atoms with Gasteiger partial charge in [0, 0.05) is 12.7 Å². The molecule has 8 heteroatoms. The summed E-state index contributed by atoms with van der Waals surface area (Å²) in [5.41, 5.74) is 2.97. The summed E-state index contributed by atoms with van der Waals surface area (Å²) in [5.74, 6) is -0.758. The molecule has 5 rings (SSSR count). The van der Waals surface area contributed by atoms with Crippen molar-refractivity contribution >= 4 is 23.1 Å². The first-order valence-electron chi connectivity index (χ1n) is 12.7. The summed E-state index contributed by atoms with van der Waals surface area (Å²) < 4.78 is 13.3. The van der Waals surface area contributed by atoms with Crippen molar-refractivity contribution in [1.82, 2.24) is 14.3 Å². The number of amides is 1. The maximum Gasteiger partial charge on any atom is 0.295 e. The first-order chi connectivity index (χ1) is 18.9. The fourth-order valence-electron chi connectivity index (χ4n) is 4.93. The van der Waals surface area contributed by atoms with Crippen LogP contribution >= 0.6 is 0 Å². The fourth-order valence-corrected chi connectivity index (χ4v) is 4.93. The number of benzene rings is 2. The maximum absolute atomic E-state index is 13.6. The van der Waals surface area contributed by atoms with Gasteiger partial charge in [-0.05, 0) is 49.2 Å². The van der Waals surface area contributed by atoms with Gasteiger partial charge < -0.3 is 19.5 Å². The number of Topliss-reactive ketones (excluding diaryl/α,β-unsaturated/α-hetero) is 1. The zero-order valence-electron chi connectivity index (χ0n) is 21.8. The fraction of sp³-hybridized carbons (Fsp3) is 0.194. The molecule has 1 N–H and O–H groups in total. The molecule has 198 valence electrons. The molecule has 0 spiro atoms. The molecule has 2 aromatic carbocycles. The van der Waals surface area contributed by atoms with Crippen LogP contribution in [0.1, 0.15) is 35.5 Å². The third-order valence-electron chi connectivity index (χ3n) is 6.60. The van der Waals surface area contributed by atoms with Crippen LogP contribution in [0, 0.1) is 6.92 Å². The van der Waals surface area contributed by atoms with Gasteiger partial charge in [-0.25, -0.2) is 4.98 Å². The lowest BCUT2D eigenvalue weighted by Gasteiger charge is -2.26. The third kappa shape index (κ3) is 4.77. The van der Waals surface area contributed by atoms with E-state index in [1.54, 1.807) is 41.8 Å². The molecule has 2 aromatic heterocycles. The number of fused-ring (bicyclic) bond motifs is 1. The number of aryl methyl sites for hydroxylation is 1. The van der Waals surface area contributed by atoms with E-state index >= 15 is 0 Å². The Balaban J connectivity index is 1.71. The Morgan fingerprint density at radius 1 is 1.05 bits per heavy atom. The highest BCUT2D eigenvalue weighted by molar-refractivity contribution is 6.46. The average molecular weight is 524 g/mol. The number of carbonyl (C=O) groups excluding carboxylic acids is 2. The molecule has 4 aromatic rings. The number of imidazole rings is 1. The van der Waals surface area contributed by atoms with E-state index in [-0.39, 0.29) is 17.9 Å². The summed E-state index contributed by atoms with van der Waals surface area (Å²) in [7, 11) is 0. The minimum Gasteiger partial charge on any atom is -0.505 e. The highest BCUT2D eigenvalue weighted by Gasteiger charge is 2.46. The Kier molecular flexibility index (Phi) is 7.19. The number of aromatic nitrogens is 2. The Hall–Kier alpha value is -4.85. The van der Waals surface area contributed by atoms with E-state index in [4.69, 9.17) is 9.47 Å². The molecule has 39 heavy (non-hydrogen) atoms. The van der Waals surface area contributed by atoms with Gasteiger partial charge in [0.25, 0.3) is 11.7 Å². The Bertz CT molecular complexity index is 1590. The second-order valence-electron chi connectivity index (χ2n) is 9.13. The molecular weight excluding hydrogens is 494 g/mol. The van der Waals surface area contributed by atoms with Gasteiger partial charge >= 0.3 is 0 Å². The van der Waals surface area contributed by atoms with E-state index in [2.05, 4.69) is 11.6 Å². The number of hydrogen-bond acceptors (Lipinski definition) is 6. The molecule has 1 saturated heterocycles. The lowest BCUT2D eigenvalue weighted by atomic mass is 9.95. The van der Waals surface area contributed by atoms with Gasteiger partial charge in [0.2, 0.25) is 0 Å². The predicted molar refractivity (Wildman–Crippen MR) is 148 cm³/mol. The average Bonchev–Trinajstić information content (AvgIpc) is 3.41. The Labute approximate surface area is 226 Å². The Morgan fingerprint density at radius 3 is 2.56 bits per heavy atom. The van der Waals surface area contributed by atoms with Crippen molar-refractivity contribution < 1.29 is 24.2 Å². The molecule has 0 aliphatic carbocycles. The molecule has 1 aliphatic heterocycles. The number of pyridine rings is 1. The summed E-state index contributed by atoms with van der Waals surface area (Å²) in [4.78, 5) is 33.1.